The van der Waals surface area contributed by atoms with Crippen molar-refractivity contribution in [2.24, 2.45) is 5.73 Å². The van der Waals surface area contributed by atoms with Crippen LogP contribution in [0.25, 0.3) is 0 Å². The molecule has 2 N–H and O–H groups in total. The van der Waals surface area contributed by atoms with E-state index in [0.29, 0.717) is 11.3 Å². The van der Waals surface area contributed by atoms with E-state index in [1.54, 1.807) is 26.5 Å². The fourth-order valence-corrected chi connectivity index (χ4v) is 1.57. The molecule has 17 heavy (non-hydrogen) atoms. The molecule has 1 aromatic heterocycles. The van der Waals surface area contributed by atoms with Crippen LogP contribution in [0.5, 0.6) is 5.75 Å². The van der Waals surface area contributed by atoms with E-state index in [-0.39, 0.29) is 18.6 Å². The second-order valence-electron chi connectivity index (χ2n) is 4.38. The largest absolute Gasteiger partial charge is 0.488 e. The van der Waals surface area contributed by atoms with E-state index < -0.39 is 0 Å². The van der Waals surface area contributed by atoms with E-state index in [2.05, 4.69) is 4.98 Å². The van der Waals surface area contributed by atoms with Gasteiger partial charge >= 0.3 is 0 Å². The van der Waals surface area contributed by atoms with Crippen molar-refractivity contribution in [1.29, 1.82) is 0 Å². The highest BCUT2D eigenvalue weighted by Gasteiger charge is 2.26. The molecule has 5 nitrogen and oxygen atoms in total. The predicted octanol–water partition coefficient (Wildman–Crippen LogP) is 0.783. The lowest BCUT2D eigenvalue weighted by Gasteiger charge is -2.16. The van der Waals surface area contributed by atoms with Crippen LogP contribution in [-0.2, 0) is 6.54 Å². The van der Waals surface area contributed by atoms with Gasteiger partial charge in [0, 0.05) is 32.4 Å². The highest BCUT2D eigenvalue weighted by atomic mass is 16.5. The number of nitrogens with two attached hydrogens (primary N) is 1. The summed E-state index contributed by atoms with van der Waals surface area (Å²) in [5.74, 6) is 0.543. The maximum atomic E-state index is 12.0. The summed E-state index contributed by atoms with van der Waals surface area (Å²) in [6.45, 7) is 0.277. The number of hydrogen-bond donors (Lipinski definition) is 1. The zero-order chi connectivity index (χ0) is 12.4. The Labute approximate surface area is 101 Å². The number of carbonyl (C=O) groups excluding carboxylic acids is 1. The molecule has 0 aromatic carbocycles. The quantitative estimate of drug-likeness (QED) is 0.837. The van der Waals surface area contributed by atoms with Gasteiger partial charge in [-0.3, -0.25) is 9.78 Å². The number of hydrogen-bond acceptors (Lipinski definition) is 4. The van der Waals surface area contributed by atoms with Gasteiger partial charge in [0.05, 0.1) is 17.9 Å². The Morgan fingerprint density at radius 1 is 1.53 bits per heavy atom. The molecule has 0 aliphatic heterocycles. The molecule has 0 bridgehead atoms. The molecular formula is C12H17N3O2. The molecule has 1 aromatic rings. The third-order valence-corrected chi connectivity index (χ3v) is 2.68. The number of pyridine rings is 1. The van der Waals surface area contributed by atoms with Crippen molar-refractivity contribution in [2.75, 3.05) is 14.1 Å². The van der Waals surface area contributed by atoms with Gasteiger partial charge in [-0.05, 0) is 12.8 Å². The first-order valence-electron chi connectivity index (χ1n) is 5.68. The van der Waals surface area contributed by atoms with Crippen molar-refractivity contribution in [3.8, 4) is 5.75 Å². The van der Waals surface area contributed by atoms with Crippen LogP contribution in [-0.4, -0.2) is 36.0 Å². The first kappa shape index (κ1) is 11.9. The van der Waals surface area contributed by atoms with Gasteiger partial charge in [0.25, 0.3) is 5.91 Å². The van der Waals surface area contributed by atoms with E-state index in [1.807, 2.05) is 0 Å². The van der Waals surface area contributed by atoms with Crippen molar-refractivity contribution in [1.82, 2.24) is 9.88 Å². The number of nitrogens with zero attached hydrogens (tertiary/aromatic N) is 2. The maximum absolute atomic E-state index is 12.0. The minimum absolute atomic E-state index is 0.0980. The SMILES string of the molecule is CN(C)C(=O)c1cncc(OC2CC2)c1CN. The Kier molecular flexibility index (Phi) is 3.28. The summed E-state index contributed by atoms with van der Waals surface area (Å²) in [6.07, 6.45) is 5.58. The number of aromatic nitrogens is 1. The smallest absolute Gasteiger partial charge is 0.255 e. The molecular weight excluding hydrogens is 218 g/mol. The van der Waals surface area contributed by atoms with Crippen LogP contribution in [0.15, 0.2) is 12.4 Å². The van der Waals surface area contributed by atoms with E-state index in [4.69, 9.17) is 10.5 Å². The lowest BCUT2D eigenvalue weighted by Crippen LogP contribution is -2.24. The first-order valence-corrected chi connectivity index (χ1v) is 5.68. The number of amides is 1. The zero-order valence-corrected chi connectivity index (χ0v) is 10.1. The predicted molar refractivity (Wildman–Crippen MR) is 63.8 cm³/mol. The molecule has 1 fully saturated rings. The minimum Gasteiger partial charge on any atom is -0.488 e. The van der Waals surface area contributed by atoms with Gasteiger partial charge in [-0.1, -0.05) is 0 Å². The summed E-state index contributed by atoms with van der Waals surface area (Å²) in [4.78, 5) is 17.5. The van der Waals surface area contributed by atoms with Crippen LogP contribution in [0, 0.1) is 0 Å². The lowest BCUT2D eigenvalue weighted by molar-refractivity contribution is 0.0825. The zero-order valence-electron chi connectivity index (χ0n) is 10.1. The van der Waals surface area contributed by atoms with E-state index in [9.17, 15) is 4.79 Å². The van der Waals surface area contributed by atoms with Gasteiger partial charge < -0.3 is 15.4 Å². The van der Waals surface area contributed by atoms with Crippen molar-refractivity contribution < 1.29 is 9.53 Å². The molecule has 1 heterocycles. The third-order valence-electron chi connectivity index (χ3n) is 2.68. The van der Waals surface area contributed by atoms with Crippen LogP contribution in [0.4, 0.5) is 0 Å². The highest BCUT2D eigenvalue weighted by Crippen LogP contribution is 2.30. The summed E-state index contributed by atoms with van der Waals surface area (Å²) in [5.41, 5.74) is 6.97. The lowest BCUT2D eigenvalue weighted by atomic mass is 10.1. The van der Waals surface area contributed by atoms with Crippen molar-refractivity contribution in [3.05, 3.63) is 23.5 Å². The monoisotopic (exact) mass is 235 g/mol. The summed E-state index contributed by atoms with van der Waals surface area (Å²) < 4.78 is 5.70. The Bertz CT molecular complexity index is 428. The Morgan fingerprint density at radius 3 is 2.76 bits per heavy atom. The molecule has 0 unspecified atom stereocenters. The normalized spacial score (nSPS) is 14.5. The Hall–Kier alpha value is -1.62. The molecule has 1 aliphatic rings. The Balaban J connectivity index is 2.33. The van der Waals surface area contributed by atoms with Crippen LogP contribution in [0.1, 0.15) is 28.8 Å². The van der Waals surface area contributed by atoms with Crippen molar-refractivity contribution in [3.63, 3.8) is 0 Å². The van der Waals surface area contributed by atoms with Gasteiger partial charge in [0.1, 0.15) is 5.75 Å². The first-order chi connectivity index (χ1) is 8.13. The Morgan fingerprint density at radius 2 is 2.24 bits per heavy atom. The molecule has 1 amide bonds. The van der Waals surface area contributed by atoms with Gasteiger partial charge in [0.15, 0.2) is 0 Å². The average Bonchev–Trinajstić information content (AvgIpc) is 3.11. The molecule has 0 spiro atoms. The topological polar surface area (TPSA) is 68.5 Å². The molecule has 2 rings (SSSR count). The molecule has 5 heteroatoms. The molecule has 1 aliphatic carbocycles. The third kappa shape index (κ3) is 2.55. The fraction of sp³-hybridized carbons (Fsp3) is 0.500. The van der Waals surface area contributed by atoms with Gasteiger partial charge in [0.2, 0.25) is 0 Å². The van der Waals surface area contributed by atoms with Crippen LogP contribution in [0.3, 0.4) is 0 Å². The summed E-state index contributed by atoms with van der Waals surface area (Å²) in [7, 11) is 3.41. The number of rotatable bonds is 4. The van der Waals surface area contributed by atoms with E-state index >= 15 is 0 Å². The summed E-state index contributed by atoms with van der Waals surface area (Å²) >= 11 is 0. The van der Waals surface area contributed by atoms with Gasteiger partial charge in [-0.25, -0.2) is 0 Å². The second kappa shape index (κ2) is 4.71. The van der Waals surface area contributed by atoms with Crippen LogP contribution < -0.4 is 10.5 Å². The molecule has 0 saturated heterocycles. The van der Waals surface area contributed by atoms with E-state index in [0.717, 1.165) is 18.4 Å². The number of ether oxygens (including phenoxy) is 1. The highest BCUT2D eigenvalue weighted by molar-refractivity contribution is 5.95. The average molecular weight is 235 g/mol. The number of carbonyl (C=O) groups is 1. The maximum Gasteiger partial charge on any atom is 0.255 e. The van der Waals surface area contributed by atoms with Crippen molar-refractivity contribution in [2.45, 2.75) is 25.5 Å². The molecule has 0 atom stereocenters. The van der Waals surface area contributed by atoms with Crippen LogP contribution >= 0.6 is 0 Å². The van der Waals surface area contributed by atoms with E-state index in [1.165, 1.54) is 4.90 Å². The second-order valence-corrected chi connectivity index (χ2v) is 4.38. The van der Waals surface area contributed by atoms with Gasteiger partial charge in [-0.15, -0.1) is 0 Å². The van der Waals surface area contributed by atoms with Gasteiger partial charge in [-0.2, -0.15) is 0 Å². The summed E-state index contributed by atoms with van der Waals surface area (Å²) in [5, 5.41) is 0. The van der Waals surface area contributed by atoms with Crippen molar-refractivity contribution >= 4 is 5.91 Å². The molecule has 0 radical (unpaired) electrons. The molecule has 92 valence electrons. The summed E-state index contributed by atoms with van der Waals surface area (Å²) in [6, 6.07) is 0. The minimum atomic E-state index is -0.0980. The molecule has 1 saturated carbocycles. The fourth-order valence-electron chi connectivity index (χ4n) is 1.57. The standard InChI is InChI=1S/C12H17N3O2/c1-15(2)12(16)10-6-14-7-11(9(10)5-13)17-8-3-4-8/h6-8H,3-5,13H2,1-2H3. The van der Waals surface area contributed by atoms with Crippen LogP contribution in [0.2, 0.25) is 0 Å².